The van der Waals surface area contributed by atoms with Crippen LogP contribution in [-0.4, -0.2) is 20.2 Å². The first-order valence-corrected chi connectivity index (χ1v) is 8.76. The van der Waals surface area contributed by atoms with Crippen molar-refractivity contribution in [1.29, 1.82) is 0 Å². The predicted molar refractivity (Wildman–Crippen MR) is 91.4 cm³/mol. The van der Waals surface area contributed by atoms with Crippen molar-refractivity contribution >= 4 is 11.8 Å². The number of aryl methyl sites for hydroxylation is 1. The summed E-state index contributed by atoms with van der Waals surface area (Å²) in [5, 5.41) is 13.4. The van der Waals surface area contributed by atoms with Gasteiger partial charge in [0, 0.05) is 0 Å². The Labute approximate surface area is 139 Å². The van der Waals surface area contributed by atoms with Crippen molar-refractivity contribution < 1.29 is 0 Å². The second-order valence-corrected chi connectivity index (χ2v) is 6.97. The molecule has 5 heteroatoms. The molecule has 23 heavy (non-hydrogen) atoms. The topological polar surface area (TPSA) is 43.6 Å². The third kappa shape index (κ3) is 3.01. The third-order valence-electron chi connectivity index (χ3n) is 4.15. The van der Waals surface area contributed by atoms with Gasteiger partial charge in [0.1, 0.15) is 0 Å². The number of tetrazole rings is 1. The van der Waals surface area contributed by atoms with Gasteiger partial charge in [0.15, 0.2) is 0 Å². The fourth-order valence-corrected chi connectivity index (χ4v) is 4.01. The fraction of sp³-hybridized carbons (Fsp3) is 0.278. The highest BCUT2D eigenvalue weighted by Gasteiger charge is 2.29. The minimum atomic E-state index is 0.195. The van der Waals surface area contributed by atoms with Crippen LogP contribution in [0, 0.1) is 6.92 Å². The van der Waals surface area contributed by atoms with Crippen LogP contribution in [0.2, 0.25) is 0 Å². The smallest absolute Gasteiger partial charge is 0.210 e. The molecule has 0 aliphatic heterocycles. The molecule has 1 heterocycles. The van der Waals surface area contributed by atoms with Gasteiger partial charge < -0.3 is 0 Å². The highest BCUT2D eigenvalue weighted by Crippen LogP contribution is 2.43. The van der Waals surface area contributed by atoms with E-state index in [0.29, 0.717) is 6.04 Å². The summed E-state index contributed by atoms with van der Waals surface area (Å²) in [4.78, 5) is 0. The van der Waals surface area contributed by atoms with Crippen molar-refractivity contribution in [3.8, 4) is 0 Å². The molecule has 0 spiro atoms. The van der Waals surface area contributed by atoms with Crippen LogP contribution in [0.1, 0.15) is 40.8 Å². The quantitative estimate of drug-likeness (QED) is 0.660. The summed E-state index contributed by atoms with van der Waals surface area (Å²) >= 11 is 1.74. The largest absolute Gasteiger partial charge is 0.217 e. The lowest BCUT2D eigenvalue weighted by Gasteiger charge is -2.19. The van der Waals surface area contributed by atoms with E-state index in [9.17, 15) is 0 Å². The van der Waals surface area contributed by atoms with Crippen LogP contribution in [0.5, 0.6) is 0 Å². The van der Waals surface area contributed by atoms with Crippen LogP contribution in [0.3, 0.4) is 0 Å². The van der Waals surface area contributed by atoms with Crippen LogP contribution >= 0.6 is 11.8 Å². The van der Waals surface area contributed by atoms with Crippen molar-refractivity contribution in [3.63, 3.8) is 0 Å². The number of aromatic nitrogens is 4. The van der Waals surface area contributed by atoms with E-state index in [1.165, 1.54) is 29.5 Å². The molecule has 0 unspecified atom stereocenters. The second-order valence-electron chi connectivity index (χ2n) is 5.90. The third-order valence-corrected chi connectivity index (χ3v) is 5.39. The van der Waals surface area contributed by atoms with E-state index >= 15 is 0 Å². The van der Waals surface area contributed by atoms with Gasteiger partial charge in [0.25, 0.3) is 0 Å². The molecule has 1 aliphatic carbocycles. The van der Waals surface area contributed by atoms with Crippen LogP contribution in [0.25, 0.3) is 0 Å². The van der Waals surface area contributed by atoms with E-state index < -0.39 is 0 Å². The van der Waals surface area contributed by atoms with E-state index in [2.05, 4.69) is 77.0 Å². The van der Waals surface area contributed by atoms with Gasteiger partial charge in [-0.2, -0.15) is 0 Å². The summed E-state index contributed by atoms with van der Waals surface area (Å²) < 4.78 is 1.98. The van der Waals surface area contributed by atoms with Crippen molar-refractivity contribution in [2.45, 2.75) is 36.2 Å². The van der Waals surface area contributed by atoms with Gasteiger partial charge in [-0.1, -0.05) is 66.4 Å². The summed E-state index contributed by atoms with van der Waals surface area (Å²) in [6, 6.07) is 19.6. The highest BCUT2D eigenvalue weighted by atomic mass is 32.2. The molecule has 0 amide bonds. The summed E-state index contributed by atoms with van der Waals surface area (Å²) in [5.74, 6) is 0. The van der Waals surface area contributed by atoms with Crippen LogP contribution in [0.15, 0.2) is 59.8 Å². The Balaban J connectivity index is 1.73. The van der Waals surface area contributed by atoms with E-state index in [-0.39, 0.29) is 5.25 Å². The van der Waals surface area contributed by atoms with E-state index in [4.69, 9.17) is 0 Å². The van der Waals surface area contributed by atoms with Gasteiger partial charge in [0.2, 0.25) is 5.16 Å². The van der Waals surface area contributed by atoms with E-state index in [1.807, 2.05) is 4.68 Å². The minimum Gasteiger partial charge on any atom is -0.217 e. The first-order valence-electron chi connectivity index (χ1n) is 7.88. The maximum absolute atomic E-state index is 4.26. The zero-order valence-electron chi connectivity index (χ0n) is 13.0. The molecule has 3 aromatic rings. The molecule has 0 bridgehead atoms. The second kappa shape index (κ2) is 6.16. The number of benzene rings is 2. The summed E-state index contributed by atoms with van der Waals surface area (Å²) in [6.07, 6.45) is 2.36. The molecule has 1 atom stereocenters. The van der Waals surface area contributed by atoms with Crippen molar-refractivity contribution in [2.75, 3.05) is 0 Å². The number of hydrogen-bond acceptors (Lipinski definition) is 4. The van der Waals surface area contributed by atoms with Gasteiger partial charge >= 0.3 is 0 Å². The number of nitrogens with zero attached hydrogens (tertiary/aromatic N) is 4. The molecule has 116 valence electrons. The molecular formula is C18H18N4S. The Morgan fingerprint density at radius 2 is 1.78 bits per heavy atom. The molecule has 1 fully saturated rings. The van der Waals surface area contributed by atoms with Gasteiger partial charge in [0.05, 0.1) is 11.3 Å². The van der Waals surface area contributed by atoms with Gasteiger partial charge in [-0.25, -0.2) is 4.68 Å². The molecule has 0 radical (unpaired) electrons. The van der Waals surface area contributed by atoms with Crippen LogP contribution in [-0.2, 0) is 0 Å². The zero-order chi connectivity index (χ0) is 15.6. The normalized spacial score (nSPS) is 15.5. The lowest BCUT2D eigenvalue weighted by atomic mass is 10.0. The first kappa shape index (κ1) is 14.5. The maximum Gasteiger partial charge on any atom is 0.210 e. The number of thioether (sulfide) groups is 1. The van der Waals surface area contributed by atoms with Gasteiger partial charge in [-0.15, -0.1) is 5.10 Å². The van der Waals surface area contributed by atoms with Crippen molar-refractivity contribution in [2.24, 2.45) is 0 Å². The summed E-state index contributed by atoms with van der Waals surface area (Å²) in [6.45, 7) is 2.16. The Hall–Kier alpha value is -2.14. The molecule has 1 aromatic heterocycles. The van der Waals surface area contributed by atoms with E-state index in [0.717, 1.165) is 5.16 Å². The standard InChI is InChI=1S/C18H18N4S/c1-13-7-5-6-10-16(13)17(14-8-3-2-4-9-14)23-18-19-20-21-22(18)15-11-12-15/h2-10,15,17H,11-12H2,1H3/t17-/m0/s1. The van der Waals surface area contributed by atoms with Crippen LogP contribution < -0.4 is 0 Å². The molecule has 0 saturated heterocycles. The molecule has 1 aliphatic rings. The molecule has 4 rings (SSSR count). The van der Waals surface area contributed by atoms with Crippen molar-refractivity contribution in [1.82, 2.24) is 20.2 Å². The molecule has 4 nitrogen and oxygen atoms in total. The first-order chi connectivity index (χ1) is 11.3. The average Bonchev–Trinajstić information content (AvgIpc) is 3.33. The Kier molecular flexibility index (Phi) is 3.87. The number of rotatable bonds is 5. The Bertz CT molecular complexity index is 796. The molecule has 1 saturated carbocycles. The van der Waals surface area contributed by atoms with Crippen molar-refractivity contribution in [3.05, 3.63) is 71.3 Å². The van der Waals surface area contributed by atoms with E-state index in [1.54, 1.807) is 11.8 Å². The SMILES string of the molecule is Cc1ccccc1[C@@H](Sc1nnnn1C1CC1)c1ccccc1. The highest BCUT2D eigenvalue weighted by molar-refractivity contribution is 7.99. The van der Waals surface area contributed by atoms with Crippen LogP contribution in [0.4, 0.5) is 0 Å². The summed E-state index contributed by atoms with van der Waals surface area (Å²) in [5.41, 5.74) is 3.88. The minimum absolute atomic E-state index is 0.195. The van der Waals surface area contributed by atoms with Gasteiger partial charge in [-0.3, -0.25) is 0 Å². The lowest BCUT2D eigenvalue weighted by Crippen LogP contribution is -2.04. The van der Waals surface area contributed by atoms with Gasteiger partial charge in [-0.05, 0) is 46.9 Å². The zero-order valence-corrected chi connectivity index (χ0v) is 13.8. The Morgan fingerprint density at radius 1 is 1.04 bits per heavy atom. The number of hydrogen-bond donors (Lipinski definition) is 0. The lowest BCUT2D eigenvalue weighted by molar-refractivity contribution is 0.565. The summed E-state index contributed by atoms with van der Waals surface area (Å²) in [7, 11) is 0. The maximum atomic E-state index is 4.26. The molecule has 0 N–H and O–H groups in total. The predicted octanol–water partition coefficient (Wildman–Crippen LogP) is 4.20. The fourth-order valence-electron chi connectivity index (χ4n) is 2.74. The average molecular weight is 322 g/mol. The Morgan fingerprint density at radius 3 is 2.52 bits per heavy atom. The molecule has 2 aromatic carbocycles. The monoisotopic (exact) mass is 322 g/mol. The molecular weight excluding hydrogens is 304 g/mol.